The van der Waals surface area contributed by atoms with Crippen LogP contribution in [-0.4, -0.2) is 40.1 Å². The molecular weight excluding hydrogens is 264 g/mol. The summed E-state index contributed by atoms with van der Waals surface area (Å²) in [5, 5.41) is 0. The molecule has 0 saturated carbocycles. The number of rotatable bonds is 4. The van der Waals surface area contributed by atoms with Crippen molar-refractivity contribution in [3.8, 4) is 0 Å². The lowest BCUT2D eigenvalue weighted by Crippen LogP contribution is -2.51. The quantitative estimate of drug-likeness (QED) is 0.369. The van der Waals surface area contributed by atoms with Crippen molar-refractivity contribution >= 4 is 30.5 Å². The van der Waals surface area contributed by atoms with Crippen molar-refractivity contribution in [2.45, 2.75) is 51.3 Å². The second kappa shape index (κ2) is 5.47. The van der Waals surface area contributed by atoms with Gasteiger partial charge in [0.25, 0.3) is 0 Å². The number of amides is 2. The highest BCUT2D eigenvalue weighted by Crippen LogP contribution is 2.32. The molecule has 1 fully saturated rings. The van der Waals surface area contributed by atoms with Crippen molar-refractivity contribution in [1.82, 2.24) is 4.90 Å². The van der Waals surface area contributed by atoms with Crippen LogP contribution in [0.3, 0.4) is 0 Å². The Bertz CT molecular complexity index is 414. The summed E-state index contributed by atoms with van der Waals surface area (Å²) >= 11 is 4.35. The van der Waals surface area contributed by atoms with E-state index in [0.29, 0.717) is 12.8 Å². The fourth-order valence-electron chi connectivity index (χ4n) is 2.07. The van der Waals surface area contributed by atoms with Gasteiger partial charge in [-0.2, -0.15) is 17.6 Å². The van der Waals surface area contributed by atoms with Crippen molar-refractivity contribution in [2.24, 2.45) is 10.4 Å². The van der Waals surface area contributed by atoms with Crippen LogP contribution in [0.4, 0.5) is 0 Å². The molecule has 1 heterocycles. The molecule has 1 atom stereocenters. The smallest absolute Gasteiger partial charge is 0.235 e. The first-order chi connectivity index (χ1) is 8.57. The molecule has 19 heavy (non-hydrogen) atoms. The molecule has 0 aromatic heterocycles. The Balaban J connectivity index is 2.89. The van der Waals surface area contributed by atoms with E-state index in [4.69, 9.17) is 0 Å². The van der Waals surface area contributed by atoms with E-state index in [0.717, 1.165) is 0 Å². The molecule has 0 spiro atoms. The van der Waals surface area contributed by atoms with Crippen LogP contribution in [0.1, 0.15) is 40.5 Å². The van der Waals surface area contributed by atoms with E-state index in [9.17, 15) is 14.4 Å². The van der Waals surface area contributed by atoms with E-state index >= 15 is 0 Å². The highest BCUT2D eigenvalue weighted by atomic mass is 32.1. The predicted octanol–water partition coefficient (Wildman–Crippen LogP) is 1.57. The third-order valence-corrected chi connectivity index (χ3v) is 3.54. The van der Waals surface area contributed by atoms with Gasteiger partial charge in [0.05, 0.1) is 12.6 Å². The molecule has 6 heteroatoms. The Morgan fingerprint density at radius 2 is 1.84 bits per heavy atom. The minimum absolute atomic E-state index is 0.0828. The Morgan fingerprint density at radius 1 is 1.37 bits per heavy atom. The van der Waals surface area contributed by atoms with Gasteiger partial charge < -0.3 is 0 Å². The van der Waals surface area contributed by atoms with Gasteiger partial charge in [-0.3, -0.25) is 14.5 Å². The van der Waals surface area contributed by atoms with E-state index in [2.05, 4.69) is 17.6 Å². The highest BCUT2D eigenvalue weighted by molar-refractivity contribution is 7.81. The van der Waals surface area contributed by atoms with Crippen LogP contribution in [0.15, 0.2) is 4.99 Å². The van der Waals surface area contributed by atoms with Crippen LogP contribution >= 0.6 is 12.6 Å². The van der Waals surface area contributed by atoms with Crippen LogP contribution in [0, 0.1) is 5.41 Å². The second-order valence-corrected chi connectivity index (χ2v) is 7.46. The number of carbonyl (C=O) groups is 2. The molecule has 0 unspecified atom stereocenters. The summed E-state index contributed by atoms with van der Waals surface area (Å²) in [5.74, 6) is -0.435. The molecule has 0 bridgehead atoms. The topological polar surface area (TPSA) is 66.8 Å². The minimum atomic E-state index is -0.606. The molecule has 0 aromatic carbocycles. The molecule has 0 radical (unpaired) electrons. The van der Waals surface area contributed by atoms with Crippen molar-refractivity contribution in [1.29, 1.82) is 0 Å². The van der Waals surface area contributed by atoms with Gasteiger partial charge in [-0.15, -0.1) is 0 Å². The van der Waals surface area contributed by atoms with Gasteiger partial charge in [-0.1, -0.05) is 13.8 Å². The first kappa shape index (κ1) is 15.9. The average Bonchev–Trinajstić information content (AvgIpc) is 2.18. The fraction of sp³-hybridized carbons (Fsp3) is 0.769. The molecule has 1 aliphatic heterocycles. The highest BCUT2D eigenvalue weighted by Gasteiger charge is 2.40. The molecule has 0 N–H and O–H groups in total. The van der Waals surface area contributed by atoms with E-state index < -0.39 is 10.8 Å². The van der Waals surface area contributed by atoms with E-state index in [1.54, 1.807) is 13.8 Å². The van der Waals surface area contributed by atoms with Crippen LogP contribution in [0.5, 0.6) is 0 Å². The minimum Gasteiger partial charge on any atom is -0.280 e. The normalized spacial score (nSPS) is 21.0. The number of piperidine rings is 1. The van der Waals surface area contributed by atoms with Crippen LogP contribution < -0.4 is 0 Å². The maximum Gasteiger partial charge on any atom is 0.235 e. The van der Waals surface area contributed by atoms with Gasteiger partial charge in [0, 0.05) is 17.6 Å². The maximum absolute atomic E-state index is 12.0. The monoisotopic (exact) mass is 284 g/mol. The lowest BCUT2D eigenvalue weighted by Gasteiger charge is -2.37. The fourth-order valence-corrected chi connectivity index (χ4v) is 2.21. The summed E-state index contributed by atoms with van der Waals surface area (Å²) in [6, 6.07) is -0.553. The Labute approximate surface area is 118 Å². The molecule has 1 saturated heterocycles. The van der Waals surface area contributed by atoms with Gasteiger partial charge in [-0.05, 0) is 19.3 Å². The Morgan fingerprint density at radius 3 is 2.21 bits per heavy atom. The summed E-state index contributed by atoms with van der Waals surface area (Å²) in [7, 11) is 0. The number of imide groups is 1. The van der Waals surface area contributed by atoms with E-state index in [-0.39, 0.29) is 23.8 Å². The van der Waals surface area contributed by atoms with Crippen LogP contribution in [0.2, 0.25) is 0 Å². The van der Waals surface area contributed by atoms with Gasteiger partial charge >= 0.3 is 0 Å². The largest absolute Gasteiger partial charge is 0.280 e. The third kappa shape index (κ3) is 4.18. The molecule has 106 valence electrons. The summed E-state index contributed by atoms with van der Waals surface area (Å²) in [4.78, 5) is 39.4. The van der Waals surface area contributed by atoms with Crippen LogP contribution in [0.25, 0.3) is 0 Å². The zero-order valence-electron chi connectivity index (χ0n) is 11.8. The number of isocyanates is 1. The van der Waals surface area contributed by atoms with Gasteiger partial charge in [0.15, 0.2) is 0 Å². The molecular formula is C13H20N2O3S. The Hall–Kier alpha value is -1.13. The molecule has 1 aliphatic rings. The molecule has 0 aromatic rings. The number of carbonyl (C=O) groups excluding carboxylic acids is 3. The lowest BCUT2D eigenvalue weighted by molar-refractivity contribution is -0.152. The summed E-state index contributed by atoms with van der Waals surface area (Å²) in [6.07, 6.45) is 2.13. The molecule has 5 nitrogen and oxygen atoms in total. The number of nitrogens with zero attached hydrogens (tertiary/aromatic N) is 2. The van der Waals surface area contributed by atoms with E-state index in [1.165, 1.54) is 11.0 Å². The van der Waals surface area contributed by atoms with Crippen molar-refractivity contribution in [3.05, 3.63) is 0 Å². The SMILES string of the molecule is CC1(C)CC(=O)N(C[C@@H](N=C=O)C(C)(C)S)C(=O)C1. The molecule has 1 rings (SSSR count). The zero-order valence-corrected chi connectivity index (χ0v) is 12.7. The number of hydrogen-bond donors (Lipinski definition) is 1. The Kier molecular flexibility index (Phi) is 4.59. The average molecular weight is 284 g/mol. The van der Waals surface area contributed by atoms with Crippen LogP contribution in [-0.2, 0) is 14.4 Å². The molecule has 2 amide bonds. The van der Waals surface area contributed by atoms with E-state index in [1.807, 2.05) is 13.8 Å². The standard InChI is InChI=1S/C13H20N2O3S/c1-12(2)5-10(17)15(11(18)6-12)7-9(14-8-16)13(3,4)19/h9,19H,5-7H2,1-4H3/t9-/m1/s1. The first-order valence-electron chi connectivity index (χ1n) is 6.19. The zero-order chi connectivity index (χ0) is 14.8. The van der Waals surface area contributed by atoms with Gasteiger partial charge in [0.1, 0.15) is 0 Å². The number of aliphatic imine (C=N–C) groups is 1. The summed E-state index contributed by atoms with van der Waals surface area (Å²) in [6.45, 7) is 7.43. The van der Waals surface area contributed by atoms with Crippen molar-refractivity contribution in [3.63, 3.8) is 0 Å². The molecule has 0 aliphatic carbocycles. The van der Waals surface area contributed by atoms with Crippen molar-refractivity contribution < 1.29 is 14.4 Å². The van der Waals surface area contributed by atoms with Gasteiger partial charge in [-0.25, -0.2) is 4.79 Å². The first-order valence-corrected chi connectivity index (χ1v) is 6.64. The lowest BCUT2D eigenvalue weighted by atomic mass is 9.81. The van der Waals surface area contributed by atoms with Crippen molar-refractivity contribution in [2.75, 3.05) is 6.54 Å². The van der Waals surface area contributed by atoms with Gasteiger partial charge in [0.2, 0.25) is 17.9 Å². The third-order valence-electron chi connectivity index (χ3n) is 3.24. The number of hydrogen-bond acceptors (Lipinski definition) is 5. The number of likely N-dealkylation sites (tertiary alicyclic amines) is 1. The maximum atomic E-state index is 12.0. The summed E-state index contributed by atoms with van der Waals surface area (Å²) in [5.41, 5.74) is -0.301. The summed E-state index contributed by atoms with van der Waals surface area (Å²) < 4.78 is -0.606. The predicted molar refractivity (Wildman–Crippen MR) is 74.7 cm³/mol. The number of thiol groups is 1. The second-order valence-electron chi connectivity index (χ2n) is 6.31.